The normalized spacial score (nSPS) is 12.3. The summed E-state index contributed by atoms with van der Waals surface area (Å²) in [7, 11) is 5.40. The van der Waals surface area contributed by atoms with Crippen molar-refractivity contribution in [2.24, 2.45) is 11.8 Å². The summed E-state index contributed by atoms with van der Waals surface area (Å²) in [6.45, 7) is 9.25. The van der Waals surface area contributed by atoms with Crippen LogP contribution in [0.25, 0.3) is 0 Å². The van der Waals surface area contributed by atoms with Crippen molar-refractivity contribution in [1.82, 2.24) is 0 Å². The molecule has 0 bridgehead atoms. The van der Waals surface area contributed by atoms with Gasteiger partial charge in [0.15, 0.2) is 0 Å². The van der Waals surface area contributed by atoms with Crippen molar-refractivity contribution in [2.75, 3.05) is 0 Å². The predicted octanol–water partition coefficient (Wildman–Crippen LogP) is 5.20. The van der Waals surface area contributed by atoms with Crippen molar-refractivity contribution in [3.05, 3.63) is 60.7 Å². The van der Waals surface area contributed by atoms with Crippen LogP contribution in [0.15, 0.2) is 60.7 Å². The van der Waals surface area contributed by atoms with Crippen LogP contribution in [0.2, 0.25) is 0 Å². The van der Waals surface area contributed by atoms with Gasteiger partial charge in [-0.3, -0.25) is 7.57 Å². The summed E-state index contributed by atoms with van der Waals surface area (Å²) in [4.78, 5) is 0. The van der Waals surface area contributed by atoms with E-state index in [1.54, 1.807) is 0 Å². The maximum atomic E-state index is 7.29. The summed E-state index contributed by atoms with van der Waals surface area (Å²) in [5.74, 6) is 1.32. The fourth-order valence-corrected chi connectivity index (χ4v) is 7.42. The van der Waals surface area contributed by atoms with Crippen LogP contribution < -0.4 is 10.6 Å². The summed E-state index contributed by atoms with van der Waals surface area (Å²) in [5.41, 5.74) is 0.535. The lowest BCUT2D eigenvalue weighted by atomic mass is 10.0. The molecule has 2 aromatic rings. The Hall–Kier alpha value is -1.07. The molecule has 0 N–H and O–H groups in total. The van der Waals surface area contributed by atoms with Crippen LogP contribution >= 0.6 is 7.14 Å². The smallest absolute Gasteiger partial charge is 0.0469 e. The molecule has 0 aliphatic heterocycles. The Kier molecular flexibility index (Phi) is 6.48. The van der Waals surface area contributed by atoms with Gasteiger partial charge in [-0.25, -0.2) is 0 Å². The molecule has 121 valence electrons. The Balaban J connectivity index is 2.55. The molecule has 0 unspecified atom stereocenters. The third-order valence-electron chi connectivity index (χ3n) is 4.43. The van der Waals surface area contributed by atoms with E-state index in [-0.39, 0.29) is 0 Å². The zero-order chi connectivity index (χ0) is 16.9. The minimum atomic E-state index is -1.89. The first-order valence-electron chi connectivity index (χ1n) is 8.73. The second-order valence-electron chi connectivity index (χ2n) is 7.36. The topological polar surface area (TPSA) is 0 Å². The van der Waals surface area contributed by atoms with Gasteiger partial charge in [0.1, 0.15) is 0 Å². The molecule has 2 heteroatoms. The van der Waals surface area contributed by atoms with Crippen molar-refractivity contribution in [3.63, 3.8) is 0 Å². The summed E-state index contributed by atoms with van der Waals surface area (Å²) in [6.07, 6.45) is 2.37. The Morgan fingerprint density at radius 2 is 1.04 bits per heavy atom. The second-order valence-corrected chi connectivity index (χ2v) is 10.7. The molecule has 2 rings (SSSR count). The van der Waals surface area contributed by atoms with E-state index in [1.165, 1.54) is 23.5 Å². The Morgan fingerprint density at radius 1 is 0.696 bits per heavy atom. The zero-order valence-corrected chi connectivity index (χ0v) is 15.8. The molecule has 0 nitrogen and oxygen atoms in total. The van der Waals surface area contributed by atoms with Crippen LogP contribution in [-0.2, 0) is 0 Å². The monoisotopic (exact) mass is 323 g/mol. The van der Waals surface area contributed by atoms with Crippen molar-refractivity contribution < 1.29 is 0 Å². The minimum Gasteiger partial charge on any atom is -0.291 e. The lowest BCUT2D eigenvalue weighted by Gasteiger charge is -2.45. The van der Waals surface area contributed by atoms with Gasteiger partial charge in [-0.05, 0) is 48.9 Å². The number of rotatable bonds is 7. The molecule has 0 aliphatic rings. The quantitative estimate of drug-likeness (QED) is 0.485. The maximum Gasteiger partial charge on any atom is 0.0469 e. The van der Waals surface area contributed by atoms with Crippen LogP contribution in [0.1, 0.15) is 40.5 Å². The third kappa shape index (κ3) is 4.48. The van der Waals surface area contributed by atoms with E-state index >= 15 is 0 Å². The summed E-state index contributed by atoms with van der Waals surface area (Å²) < 4.78 is 0. The first kappa shape index (κ1) is 18.3. The van der Waals surface area contributed by atoms with Crippen molar-refractivity contribution in [1.29, 1.82) is 0 Å². The van der Waals surface area contributed by atoms with Crippen LogP contribution in [-0.4, -0.2) is 13.2 Å². The van der Waals surface area contributed by atoms with Gasteiger partial charge in [-0.1, -0.05) is 64.1 Å². The maximum absolute atomic E-state index is 7.29. The molecule has 0 aliphatic carbocycles. The van der Waals surface area contributed by atoms with E-state index in [1.807, 2.05) is 0 Å². The average molecular weight is 323 g/mol. The highest BCUT2D eigenvalue weighted by molar-refractivity contribution is 8.08. The average Bonchev–Trinajstić information content (AvgIpc) is 2.54. The highest BCUT2D eigenvalue weighted by Crippen LogP contribution is 2.59. The first-order valence-corrected chi connectivity index (χ1v) is 10.7. The lowest BCUT2D eigenvalue weighted by Crippen LogP contribution is -2.33. The van der Waals surface area contributed by atoms with E-state index in [0.717, 1.165) is 0 Å². The summed E-state index contributed by atoms with van der Waals surface area (Å²) >= 11 is 0. The van der Waals surface area contributed by atoms with Gasteiger partial charge in [0.25, 0.3) is 0 Å². The molecule has 0 saturated heterocycles. The first-order chi connectivity index (χ1) is 10.9. The molecule has 0 saturated carbocycles. The van der Waals surface area contributed by atoms with Gasteiger partial charge >= 0.3 is 0 Å². The van der Waals surface area contributed by atoms with Gasteiger partial charge in [-0.15, -0.1) is 0 Å². The Bertz CT molecular complexity index is 528. The van der Waals surface area contributed by atoms with Gasteiger partial charge in [0, 0.05) is 16.3 Å². The highest BCUT2D eigenvalue weighted by Gasteiger charge is 2.34. The Labute approximate surface area is 144 Å². The van der Waals surface area contributed by atoms with Crippen LogP contribution in [0.4, 0.5) is 0 Å². The van der Waals surface area contributed by atoms with Crippen molar-refractivity contribution in [3.8, 4) is 0 Å². The molecule has 2 aromatic carbocycles. The molecule has 23 heavy (non-hydrogen) atoms. The molecule has 0 atom stereocenters. The second kappa shape index (κ2) is 8.16. The fourth-order valence-electron chi connectivity index (χ4n) is 3.44. The molecule has 0 aromatic heterocycles. The van der Waals surface area contributed by atoms with E-state index in [9.17, 15) is 0 Å². The van der Waals surface area contributed by atoms with E-state index < -0.39 is 7.14 Å². The zero-order valence-electron chi connectivity index (χ0n) is 14.9. The summed E-state index contributed by atoms with van der Waals surface area (Å²) in [5, 5.41) is 2.66. The van der Waals surface area contributed by atoms with Gasteiger partial charge in [-0.2, -0.15) is 7.14 Å². The van der Waals surface area contributed by atoms with Crippen LogP contribution in [0.3, 0.4) is 0 Å². The molecule has 0 fully saturated rings. The van der Waals surface area contributed by atoms with E-state index in [4.69, 9.17) is 7.57 Å². The van der Waals surface area contributed by atoms with Gasteiger partial charge < -0.3 is 0 Å². The van der Waals surface area contributed by atoms with E-state index in [0.29, 0.717) is 17.5 Å². The van der Waals surface area contributed by atoms with Gasteiger partial charge in [0.2, 0.25) is 0 Å². The molecule has 0 heterocycles. The standard InChI is InChI=1S/C21H29BP/c1-17(2)15-21(16-18(3)4)23(22,19-11-7-5-8-12-19)20-13-9-6-10-14-20/h5-14,17-18,21H,15-16H2,1-4H3. The molecule has 3 radical (unpaired) electrons. The number of hydrogen-bond acceptors (Lipinski definition) is 0. The number of hydrogen-bond donors (Lipinski definition) is 0. The molecule has 0 amide bonds. The molecular formula is C21H29BP. The fraction of sp³-hybridized carbons (Fsp3) is 0.429. The highest BCUT2D eigenvalue weighted by atomic mass is 31.2. The lowest BCUT2D eigenvalue weighted by molar-refractivity contribution is 0.488. The van der Waals surface area contributed by atoms with Gasteiger partial charge in [0.05, 0.1) is 0 Å². The van der Waals surface area contributed by atoms with Crippen molar-refractivity contribution >= 4 is 25.3 Å². The van der Waals surface area contributed by atoms with Crippen molar-refractivity contribution in [2.45, 2.75) is 46.2 Å². The third-order valence-corrected chi connectivity index (χ3v) is 8.31. The SMILES string of the molecule is [B-][P+](c1ccccc1)(c1ccccc1)C(CC(C)C)CC(C)C. The minimum absolute atomic E-state index is 0.535. The largest absolute Gasteiger partial charge is 0.291 e. The van der Waals surface area contributed by atoms with E-state index in [2.05, 4.69) is 88.4 Å². The molecular weight excluding hydrogens is 294 g/mol. The van der Waals surface area contributed by atoms with Crippen LogP contribution in [0.5, 0.6) is 0 Å². The Morgan fingerprint density at radius 3 is 1.35 bits per heavy atom. The number of benzene rings is 2. The predicted molar refractivity (Wildman–Crippen MR) is 108 cm³/mol. The summed E-state index contributed by atoms with van der Waals surface area (Å²) in [6, 6.07) is 21.6. The molecule has 0 spiro atoms. The van der Waals surface area contributed by atoms with Crippen LogP contribution in [0, 0.1) is 11.8 Å².